The normalized spacial score (nSPS) is 10.7. The highest BCUT2D eigenvalue weighted by atomic mass is 35.5. The third-order valence-electron chi connectivity index (χ3n) is 3.09. The summed E-state index contributed by atoms with van der Waals surface area (Å²) in [7, 11) is 2.05. The Morgan fingerprint density at radius 1 is 1.26 bits per heavy atom. The number of hydrogen-bond acceptors (Lipinski definition) is 3. The molecule has 0 saturated carbocycles. The number of nitrogens with one attached hydrogen (secondary N) is 1. The average molecular weight is 284 g/mol. The second-order valence-electron chi connectivity index (χ2n) is 4.95. The third-order valence-corrected chi connectivity index (χ3v) is 3.37. The maximum Gasteiger partial charge on any atom is 0.147 e. The van der Waals surface area contributed by atoms with Crippen molar-refractivity contribution in [1.29, 1.82) is 0 Å². The van der Waals surface area contributed by atoms with E-state index in [4.69, 9.17) is 11.6 Å². The zero-order valence-electron chi connectivity index (χ0n) is 12.4. The Balaban J connectivity index is 2.55. The molecule has 0 fully saturated rings. The molecule has 1 aromatic rings. The molecule has 19 heavy (non-hydrogen) atoms. The number of anilines is 1. The maximum absolute atomic E-state index is 6.32. The van der Waals surface area contributed by atoms with Crippen LogP contribution in [0, 0.1) is 0 Å². The van der Waals surface area contributed by atoms with Crippen LogP contribution in [-0.2, 0) is 6.54 Å². The van der Waals surface area contributed by atoms with Gasteiger partial charge >= 0.3 is 0 Å². The van der Waals surface area contributed by atoms with Crippen molar-refractivity contribution in [1.82, 2.24) is 10.3 Å². The van der Waals surface area contributed by atoms with Crippen LogP contribution in [0.2, 0.25) is 5.02 Å². The summed E-state index contributed by atoms with van der Waals surface area (Å²) in [4.78, 5) is 6.63. The molecule has 0 amide bonds. The van der Waals surface area contributed by atoms with Gasteiger partial charge in [0, 0.05) is 26.3 Å². The van der Waals surface area contributed by atoms with Crippen LogP contribution < -0.4 is 10.2 Å². The van der Waals surface area contributed by atoms with Crippen molar-refractivity contribution in [3.63, 3.8) is 0 Å². The molecular formula is C15H26ClN3. The van der Waals surface area contributed by atoms with Gasteiger partial charge in [-0.3, -0.25) is 0 Å². The van der Waals surface area contributed by atoms with E-state index in [0.29, 0.717) is 0 Å². The largest absolute Gasteiger partial charge is 0.358 e. The topological polar surface area (TPSA) is 28.2 Å². The minimum atomic E-state index is 0.745. The van der Waals surface area contributed by atoms with Gasteiger partial charge in [-0.2, -0.15) is 0 Å². The van der Waals surface area contributed by atoms with Gasteiger partial charge in [-0.05, 0) is 31.0 Å². The summed E-state index contributed by atoms with van der Waals surface area (Å²) >= 11 is 6.32. The van der Waals surface area contributed by atoms with Crippen molar-refractivity contribution in [3.05, 3.63) is 22.8 Å². The second kappa shape index (κ2) is 9.16. The first-order valence-corrected chi connectivity index (χ1v) is 7.63. The molecule has 0 atom stereocenters. The van der Waals surface area contributed by atoms with E-state index in [9.17, 15) is 0 Å². The molecule has 0 saturated heterocycles. The van der Waals surface area contributed by atoms with E-state index in [1.54, 1.807) is 0 Å². The van der Waals surface area contributed by atoms with Crippen LogP contribution in [-0.4, -0.2) is 25.1 Å². The van der Waals surface area contributed by atoms with E-state index in [0.717, 1.165) is 42.5 Å². The Labute approximate surface area is 122 Å². The Hall–Kier alpha value is -0.800. The van der Waals surface area contributed by atoms with Crippen molar-refractivity contribution in [2.45, 2.75) is 46.1 Å². The summed E-state index contributed by atoms with van der Waals surface area (Å²) < 4.78 is 0. The summed E-state index contributed by atoms with van der Waals surface area (Å²) in [5.41, 5.74) is 1.14. The molecule has 0 aromatic carbocycles. The summed E-state index contributed by atoms with van der Waals surface area (Å²) in [5.74, 6) is 0.886. The molecule has 0 aliphatic carbocycles. The highest BCUT2D eigenvalue weighted by Gasteiger charge is 2.08. The molecule has 3 nitrogen and oxygen atoms in total. The number of aromatic nitrogens is 1. The van der Waals surface area contributed by atoms with Crippen LogP contribution in [0.25, 0.3) is 0 Å². The first-order valence-electron chi connectivity index (χ1n) is 7.25. The first kappa shape index (κ1) is 16.3. The lowest BCUT2D eigenvalue weighted by Gasteiger charge is -2.19. The Bertz CT molecular complexity index is 368. The summed E-state index contributed by atoms with van der Waals surface area (Å²) in [5, 5.41) is 4.10. The quantitative estimate of drug-likeness (QED) is 0.698. The molecule has 1 N–H and O–H groups in total. The molecule has 0 radical (unpaired) electrons. The number of halogens is 1. The van der Waals surface area contributed by atoms with E-state index in [1.165, 1.54) is 19.3 Å². The van der Waals surface area contributed by atoms with Gasteiger partial charge in [-0.25, -0.2) is 4.98 Å². The summed E-state index contributed by atoms with van der Waals surface area (Å²) in [6, 6.07) is 2.02. The number of hydrogen-bond donors (Lipinski definition) is 1. The van der Waals surface area contributed by atoms with Crippen LogP contribution >= 0.6 is 11.6 Å². The van der Waals surface area contributed by atoms with E-state index < -0.39 is 0 Å². The highest BCUT2D eigenvalue weighted by Crippen LogP contribution is 2.23. The van der Waals surface area contributed by atoms with E-state index in [2.05, 4.69) is 36.1 Å². The van der Waals surface area contributed by atoms with Crippen LogP contribution in [0.1, 0.15) is 45.1 Å². The van der Waals surface area contributed by atoms with Gasteiger partial charge in [0.25, 0.3) is 0 Å². The number of pyridine rings is 1. The van der Waals surface area contributed by atoms with Crippen LogP contribution in [0.3, 0.4) is 0 Å². The number of nitrogens with zero attached hydrogens (tertiary/aromatic N) is 2. The minimum Gasteiger partial charge on any atom is -0.358 e. The van der Waals surface area contributed by atoms with Gasteiger partial charge in [0.2, 0.25) is 0 Å². The minimum absolute atomic E-state index is 0.745. The number of unbranched alkanes of at least 4 members (excludes halogenated alkanes) is 2. The Kier molecular flexibility index (Phi) is 7.84. The molecule has 1 aromatic heterocycles. The molecule has 0 aliphatic rings. The third kappa shape index (κ3) is 5.79. The van der Waals surface area contributed by atoms with Gasteiger partial charge in [0.1, 0.15) is 5.82 Å². The fraction of sp³-hybridized carbons (Fsp3) is 0.667. The van der Waals surface area contributed by atoms with Gasteiger partial charge < -0.3 is 10.2 Å². The predicted molar refractivity (Wildman–Crippen MR) is 84.0 cm³/mol. The Morgan fingerprint density at radius 2 is 2.05 bits per heavy atom. The van der Waals surface area contributed by atoms with Crippen molar-refractivity contribution in [2.24, 2.45) is 0 Å². The first-order chi connectivity index (χ1) is 9.19. The lowest BCUT2D eigenvalue weighted by molar-refractivity contribution is 0.673. The molecule has 108 valence electrons. The predicted octanol–water partition coefficient (Wildman–Crippen LogP) is 3.86. The molecule has 0 aliphatic heterocycles. The summed E-state index contributed by atoms with van der Waals surface area (Å²) in [6.07, 6.45) is 6.72. The standard InChI is InChI=1S/C15H26ClN3/c1-4-6-7-9-19(3)15-14(16)10-13(12-18-15)11-17-8-5-2/h10,12,17H,4-9,11H2,1-3H3. The molecule has 4 heteroatoms. The summed E-state index contributed by atoms with van der Waals surface area (Å²) in [6.45, 7) is 7.24. The van der Waals surface area contributed by atoms with Gasteiger partial charge in [0.15, 0.2) is 0 Å². The molecule has 0 bridgehead atoms. The highest BCUT2D eigenvalue weighted by molar-refractivity contribution is 6.33. The second-order valence-corrected chi connectivity index (χ2v) is 5.36. The van der Waals surface area contributed by atoms with Crippen molar-refractivity contribution in [3.8, 4) is 0 Å². The molecule has 1 heterocycles. The van der Waals surface area contributed by atoms with E-state index >= 15 is 0 Å². The van der Waals surface area contributed by atoms with Crippen LogP contribution in [0.5, 0.6) is 0 Å². The van der Waals surface area contributed by atoms with E-state index in [1.807, 2.05) is 12.3 Å². The SMILES string of the molecule is CCCCCN(C)c1ncc(CNCCC)cc1Cl. The van der Waals surface area contributed by atoms with E-state index in [-0.39, 0.29) is 0 Å². The van der Waals surface area contributed by atoms with Crippen LogP contribution in [0.15, 0.2) is 12.3 Å². The van der Waals surface area contributed by atoms with Crippen molar-refractivity contribution in [2.75, 3.05) is 25.0 Å². The lowest BCUT2D eigenvalue weighted by Crippen LogP contribution is -2.20. The van der Waals surface area contributed by atoms with Gasteiger partial charge in [-0.1, -0.05) is 38.3 Å². The molecule has 0 spiro atoms. The molecule has 0 unspecified atom stereocenters. The molecule has 1 rings (SSSR count). The monoisotopic (exact) mass is 283 g/mol. The number of rotatable bonds is 9. The zero-order chi connectivity index (χ0) is 14.1. The van der Waals surface area contributed by atoms with Gasteiger partial charge in [0.05, 0.1) is 5.02 Å². The maximum atomic E-state index is 6.32. The lowest BCUT2D eigenvalue weighted by atomic mass is 10.2. The zero-order valence-corrected chi connectivity index (χ0v) is 13.1. The smallest absolute Gasteiger partial charge is 0.147 e. The van der Waals surface area contributed by atoms with Crippen molar-refractivity contribution >= 4 is 17.4 Å². The van der Waals surface area contributed by atoms with Gasteiger partial charge in [-0.15, -0.1) is 0 Å². The fourth-order valence-corrected chi connectivity index (χ4v) is 2.30. The van der Waals surface area contributed by atoms with Crippen LogP contribution in [0.4, 0.5) is 5.82 Å². The average Bonchev–Trinajstić information content (AvgIpc) is 2.39. The molecular weight excluding hydrogens is 258 g/mol. The Morgan fingerprint density at radius 3 is 2.68 bits per heavy atom. The van der Waals surface area contributed by atoms with Crippen molar-refractivity contribution < 1.29 is 0 Å². The fourth-order valence-electron chi connectivity index (χ4n) is 1.96.